The fourth-order valence-corrected chi connectivity index (χ4v) is 2.80. The van der Waals surface area contributed by atoms with E-state index in [9.17, 15) is 4.79 Å². The first-order valence-corrected chi connectivity index (χ1v) is 7.46. The quantitative estimate of drug-likeness (QED) is 0.945. The summed E-state index contributed by atoms with van der Waals surface area (Å²) in [5, 5.41) is 4.43. The number of urea groups is 1. The number of carbonyl (C=O) groups excluding carboxylic acids is 1. The molecule has 0 radical (unpaired) electrons. The standard InChI is InChI=1S/C16H21N5O/c1-11(2)20-8-9-21(16(20)22)14-7-5-4-6-12(14)13-10-15(17)19(3)18-13/h4-7,10-11H,8-9,17H2,1-3H3. The smallest absolute Gasteiger partial charge is 0.324 e. The van der Waals surface area contributed by atoms with Gasteiger partial charge < -0.3 is 10.6 Å². The fraction of sp³-hybridized carbons (Fsp3) is 0.375. The normalized spacial score (nSPS) is 15.2. The summed E-state index contributed by atoms with van der Waals surface area (Å²) < 4.78 is 1.64. The summed E-state index contributed by atoms with van der Waals surface area (Å²) in [6.45, 7) is 5.51. The van der Waals surface area contributed by atoms with Crippen molar-refractivity contribution >= 4 is 17.5 Å². The number of amides is 2. The summed E-state index contributed by atoms with van der Waals surface area (Å²) in [6.07, 6.45) is 0. The average molecular weight is 299 g/mol. The molecule has 1 fully saturated rings. The van der Waals surface area contributed by atoms with E-state index in [0.29, 0.717) is 12.4 Å². The monoisotopic (exact) mass is 299 g/mol. The molecule has 0 atom stereocenters. The Hall–Kier alpha value is -2.50. The second-order valence-electron chi connectivity index (χ2n) is 5.82. The largest absolute Gasteiger partial charge is 0.384 e. The molecule has 1 saturated heterocycles. The molecule has 0 bridgehead atoms. The molecular weight excluding hydrogens is 278 g/mol. The molecule has 2 heterocycles. The molecule has 1 aliphatic heterocycles. The Labute approximate surface area is 130 Å². The number of para-hydroxylation sites is 1. The Balaban J connectivity index is 2.01. The number of aromatic nitrogens is 2. The number of hydrogen-bond acceptors (Lipinski definition) is 3. The molecule has 116 valence electrons. The number of hydrogen-bond donors (Lipinski definition) is 1. The molecule has 2 N–H and O–H groups in total. The van der Waals surface area contributed by atoms with Gasteiger partial charge in [0.1, 0.15) is 5.82 Å². The van der Waals surface area contributed by atoms with Crippen molar-refractivity contribution in [3.05, 3.63) is 30.3 Å². The summed E-state index contributed by atoms with van der Waals surface area (Å²) in [4.78, 5) is 16.3. The molecule has 0 saturated carbocycles. The first kappa shape index (κ1) is 14.4. The molecule has 2 amide bonds. The number of nitrogen functional groups attached to an aromatic ring is 1. The molecule has 3 rings (SSSR count). The summed E-state index contributed by atoms with van der Waals surface area (Å²) in [5.74, 6) is 0.598. The van der Waals surface area contributed by atoms with Crippen molar-refractivity contribution in [1.29, 1.82) is 0 Å². The number of anilines is 2. The summed E-state index contributed by atoms with van der Waals surface area (Å²) in [5.41, 5.74) is 8.47. The number of aryl methyl sites for hydroxylation is 1. The minimum Gasteiger partial charge on any atom is -0.384 e. The van der Waals surface area contributed by atoms with Gasteiger partial charge in [-0.3, -0.25) is 9.58 Å². The lowest BCUT2D eigenvalue weighted by Gasteiger charge is -2.23. The zero-order valence-electron chi connectivity index (χ0n) is 13.2. The number of benzene rings is 1. The van der Waals surface area contributed by atoms with Gasteiger partial charge in [-0.15, -0.1) is 0 Å². The topological polar surface area (TPSA) is 67.4 Å². The molecule has 1 aromatic carbocycles. The maximum Gasteiger partial charge on any atom is 0.324 e. The molecule has 0 unspecified atom stereocenters. The van der Waals surface area contributed by atoms with Crippen LogP contribution < -0.4 is 10.6 Å². The van der Waals surface area contributed by atoms with Crippen LogP contribution in [0.15, 0.2) is 30.3 Å². The lowest BCUT2D eigenvalue weighted by Crippen LogP contribution is -2.36. The average Bonchev–Trinajstić information content (AvgIpc) is 3.02. The highest BCUT2D eigenvalue weighted by molar-refractivity contribution is 5.98. The molecule has 0 aliphatic carbocycles. The van der Waals surface area contributed by atoms with Gasteiger partial charge in [-0.2, -0.15) is 5.10 Å². The third-order valence-electron chi connectivity index (χ3n) is 4.05. The lowest BCUT2D eigenvalue weighted by molar-refractivity contribution is 0.209. The zero-order chi connectivity index (χ0) is 15.9. The summed E-state index contributed by atoms with van der Waals surface area (Å²) >= 11 is 0. The number of rotatable bonds is 3. The number of nitrogens with two attached hydrogens (primary N) is 1. The number of nitrogens with zero attached hydrogens (tertiary/aromatic N) is 4. The SMILES string of the molecule is CC(C)N1CCN(c2ccccc2-c2cc(N)n(C)n2)C1=O. The lowest BCUT2D eigenvalue weighted by atomic mass is 10.1. The van der Waals surface area contributed by atoms with E-state index in [0.717, 1.165) is 23.5 Å². The van der Waals surface area contributed by atoms with Crippen LogP contribution in [-0.4, -0.2) is 39.8 Å². The van der Waals surface area contributed by atoms with Gasteiger partial charge in [0.05, 0.1) is 11.4 Å². The van der Waals surface area contributed by atoms with Crippen LogP contribution in [0.2, 0.25) is 0 Å². The van der Waals surface area contributed by atoms with Crippen molar-refractivity contribution in [3.63, 3.8) is 0 Å². The first-order valence-electron chi connectivity index (χ1n) is 7.46. The molecular formula is C16H21N5O. The van der Waals surface area contributed by atoms with Crippen molar-refractivity contribution < 1.29 is 4.79 Å². The van der Waals surface area contributed by atoms with Crippen LogP contribution >= 0.6 is 0 Å². The molecule has 1 aromatic heterocycles. The van der Waals surface area contributed by atoms with Gasteiger partial charge in [-0.1, -0.05) is 18.2 Å². The van der Waals surface area contributed by atoms with Crippen LogP contribution in [0.1, 0.15) is 13.8 Å². The van der Waals surface area contributed by atoms with Crippen LogP contribution in [0.4, 0.5) is 16.3 Å². The minimum absolute atomic E-state index is 0.0475. The minimum atomic E-state index is 0.0475. The highest BCUT2D eigenvalue weighted by atomic mass is 16.2. The van der Waals surface area contributed by atoms with E-state index >= 15 is 0 Å². The van der Waals surface area contributed by atoms with E-state index < -0.39 is 0 Å². The Morgan fingerprint density at radius 2 is 1.95 bits per heavy atom. The Bertz CT molecular complexity index is 687. The van der Waals surface area contributed by atoms with Crippen LogP contribution in [0, 0.1) is 0 Å². The molecule has 6 heteroatoms. The Morgan fingerprint density at radius 3 is 2.55 bits per heavy atom. The molecule has 0 spiro atoms. The van der Waals surface area contributed by atoms with Gasteiger partial charge in [0.2, 0.25) is 0 Å². The van der Waals surface area contributed by atoms with E-state index in [1.54, 1.807) is 4.68 Å². The van der Waals surface area contributed by atoms with Crippen molar-refractivity contribution in [2.45, 2.75) is 19.9 Å². The van der Waals surface area contributed by atoms with E-state index in [2.05, 4.69) is 5.10 Å². The maximum atomic E-state index is 12.6. The summed E-state index contributed by atoms with van der Waals surface area (Å²) in [7, 11) is 1.81. The molecule has 1 aliphatic rings. The maximum absolute atomic E-state index is 12.6. The second-order valence-corrected chi connectivity index (χ2v) is 5.82. The van der Waals surface area contributed by atoms with Gasteiger partial charge in [0.25, 0.3) is 0 Å². The zero-order valence-corrected chi connectivity index (χ0v) is 13.2. The molecule has 6 nitrogen and oxygen atoms in total. The summed E-state index contributed by atoms with van der Waals surface area (Å²) in [6, 6.07) is 9.91. The van der Waals surface area contributed by atoms with Gasteiger partial charge in [-0.05, 0) is 19.9 Å². The molecule has 22 heavy (non-hydrogen) atoms. The van der Waals surface area contributed by atoms with Gasteiger partial charge in [0.15, 0.2) is 0 Å². The van der Waals surface area contributed by atoms with Crippen molar-refractivity contribution in [3.8, 4) is 11.3 Å². The third-order valence-corrected chi connectivity index (χ3v) is 4.05. The van der Waals surface area contributed by atoms with Crippen molar-refractivity contribution in [1.82, 2.24) is 14.7 Å². The van der Waals surface area contributed by atoms with E-state index in [4.69, 9.17) is 5.73 Å². The second kappa shape index (κ2) is 5.36. The highest BCUT2D eigenvalue weighted by Crippen LogP contribution is 2.33. The molecule has 2 aromatic rings. The van der Waals surface area contributed by atoms with Crippen LogP contribution in [0.25, 0.3) is 11.3 Å². The van der Waals surface area contributed by atoms with Gasteiger partial charge >= 0.3 is 6.03 Å². The highest BCUT2D eigenvalue weighted by Gasteiger charge is 2.32. The van der Waals surface area contributed by atoms with Crippen molar-refractivity contribution in [2.24, 2.45) is 7.05 Å². The third kappa shape index (κ3) is 2.30. The fourth-order valence-electron chi connectivity index (χ4n) is 2.80. The van der Waals surface area contributed by atoms with Crippen LogP contribution in [0.5, 0.6) is 0 Å². The van der Waals surface area contributed by atoms with E-state index in [1.165, 1.54) is 0 Å². The van der Waals surface area contributed by atoms with Crippen LogP contribution in [0.3, 0.4) is 0 Å². The van der Waals surface area contributed by atoms with E-state index in [-0.39, 0.29) is 12.1 Å². The van der Waals surface area contributed by atoms with E-state index in [1.807, 2.05) is 61.0 Å². The Kier molecular flexibility index (Phi) is 3.52. The predicted molar refractivity (Wildman–Crippen MR) is 87.6 cm³/mol. The van der Waals surface area contributed by atoms with Gasteiger partial charge in [-0.25, -0.2) is 4.79 Å². The number of carbonyl (C=O) groups is 1. The Morgan fingerprint density at radius 1 is 1.23 bits per heavy atom. The van der Waals surface area contributed by atoms with Crippen LogP contribution in [-0.2, 0) is 7.05 Å². The predicted octanol–water partition coefficient (Wildman–Crippen LogP) is 2.32. The van der Waals surface area contributed by atoms with Crippen molar-refractivity contribution in [2.75, 3.05) is 23.7 Å². The van der Waals surface area contributed by atoms with Gasteiger partial charge in [0, 0.05) is 37.8 Å². The first-order chi connectivity index (χ1) is 10.5.